The van der Waals surface area contributed by atoms with E-state index < -0.39 is 0 Å². The predicted octanol–water partition coefficient (Wildman–Crippen LogP) is 1.88. The number of amides is 1. The molecule has 0 unspecified atom stereocenters. The van der Waals surface area contributed by atoms with Gasteiger partial charge in [-0.25, -0.2) is 4.39 Å². The third kappa shape index (κ3) is 3.07. The van der Waals surface area contributed by atoms with Gasteiger partial charge in [-0.3, -0.25) is 9.69 Å². The van der Waals surface area contributed by atoms with Crippen LogP contribution < -0.4 is 5.73 Å². The van der Waals surface area contributed by atoms with E-state index in [1.165, 1.54) is 17.7 Å². The molecule has 3 nitrogen and oxygen atoms in total. The van der Waals surface area contributed by atoms with Gasteiger partial charge < -0.3 is 5.73 Å². The van der Waals surface area contributed by atoms with Crippen molar-refractivity contribution in [2.75, 3.05) is 13.6 Å². The summed E-state index contributed by atoms with van der Waals surface area (Å²) in [5.74, 6) is -0.0206. The summed E-state index contributed by atoms with van der Waals surface area (Å²) in [6, 6.07) is 7.13. The van der Waals surface area contributed by atoms with Crippen LogP contribution in [-0.4, -0.2) is 30.4 Å². The van der Waals surface area contributed by atoms with Gasteiger partial charge in [-0.15, -0.1) is 0 Å². The Kier molecular flexibility index (Phi) is 3.97. The summed E-state index contributed by atoms with van der Waals surface area (Å²) in [4.78, 5) is 12.9. The van der Waals surface area contributed by atoms with Crippen molar-refractivity contribution in [3.63, 3.8) is 0 Å². The highest BCUT2D eigenvalue weighted by Gasteiger charge is 2.28. The Labute approximate surface area is 107 Å². The molecule has 98 valence electrons. The lowest BCUT2D eigenvalue weighted by molar-refractivity contribution is -0.119. The highest BCUT2D eigenvalue weighted by molar-refractivity contribution is 5.75. The number of primary amides is 1. The van der Waals surface area contributed by atoms with Crippen LogP contribution in [-0.2, 0) is 4.79 Å². The van der Waals surface area contributed by atoms with Crippen LogP contribution in [0.1, 0.15) is 30.7 Å². The summed E-state index contributed by atoms with van der Waals surface area (Å²) < 4.78 is 12.9. The quantitative estimate of drug-likeness (QED) is 0.887. The molecule has 0 aromatic heterocycles. The van der Waals surface area contributed by atoms with Gasteiger partial charge in [0.1, 0.15) is 5.82 Å². The molecule has 1 aliphatic carbocycles. The van der Waals surface area contributed by atoms with E-state index in [1.54, 1.807) is 0 Å². The third-order valence-electron chi connectivity index (χ3n) is 3.77. The summed E-state index contributed by atoms with van der Waals surface area (Å²) in [5, 5.41) is 0. The molecule has 0 radical (unpaired) electrons. The van der Waals surface area contributed by atoms with E-state index in [0.29, 0.717) is 18.5 Å². The minimum absolute atomic E-state index is 0.195. The number of nitrogens with zero attached hydrogens (tertiary/aromatic N) is 1. The fourth-order valence-electron chi connectivity index (χ4n) is 2.77. The maximum Gasteiger partial charge on any atom is 0.231 e. The molecule has 2 N–H and O–H groups in total. The first-order chi connectivity index (χ1) is 8.56. The molecular formula is C14H19FN2O. The van der Waals surface area contributed by atoms with E-state index in [0.717, 1.165) is 19.3 Å². The van der Waals surface area contributed by atoms with Crippen LogP contribution in [0.4, 0.5) is 4.39 Å². The molecule has 1 saturated carbocycles. The van der Waals surface area contributed by atoms with E-state index >= 15 is 0 Å². The smallest absolute Gasteiger partial charge is 0.231 e. The van der Waals surface area contributed by atoms with Gasteiger partial charge in [0.15, 0.2) is 0 Å². The third-order valence-corrected chi connectivity index (χ3v) is 3.77. The van der Waals surface area contributed by atoms with Crippen LogP contribution >= 0.6 is 0 Å². The van der Waals surface area contributed by atoms with Gasteiger partial charge in [0.25, 0.3) is 0 Å². The second-order valence-electron chi connectivity index (χ2n) is 5.10. The van der Waals surface area contributed by atoms with Gasteiger partial charge >= 0.3 is 0 Å². The van der Waals surface area contributed by atoms with Crippen LogP contribution in [0.25, 0.3) is 0 Å². The van der Waals surface area contributed by atoms with Crippen LogP contribution in [0.2, 0.25) is 0 Å². The maximum atomic E-state index is 12.9. The van der Waals surface area contributed by atoms with Crippen molar-refractivity contribution in [3.05, 3.63) is 35.6 Å². The lowest BCUT2D eigenvalue weighted by Crippen LogP contribution is -2.37. The van der Waals surface area contributed by atoms with E-state index in [2.05, 4.69) is 0 Å². The average molecular weight is 250 g/mol. The summed E-state index contributed by atoms with van der Waals surface area (Å²) in [6.45, 7) is 0.306. The molecular weight excluding hydrogens is 231 g/mol. The number of nitrogens with two attached hydrogens (primary N) is 1. The van der Waals surface area contributed by atoms with Crippen molar-refractivity contribution in [1.82, 2.24) is 4.90 Å². The molecule has 1 aromatic rings. The molecule has 1 amide bonds. The molecule has 0 saturated heterocycles. The number of benzene rings is 1. The van der Waals surface area contributed by atoms with Crippen molar-refractivity contribution in [2.24, 2.45) is 5.73 Å². The maximum absolute atomic E-state index is 12.9. The standard InChI is InChI=1S/C14H19FN2O/c1-17(9-14(16)18)13-7-4-11(8-13)10-2-5-12(15)6-3-10/h2-3,5-6,11,13H,4,7-9H2,1H3,(H2,16,18)/t11-,13-/m0/s1. The molecule has 0 aliphatic heterocycles. The normalized spacial score (nSPS) is 23.5. The summed E-state index contributed by atoms with van der Waals surface area (Å²) >= 11 is 0. The molecule has 1 aliphatic rings. The fraction of sp³-hybridized carbons (Fsp3) is 0.500. The molecule has 2 atom stereocenters. The molecule has 4 heteroatoms. The lowest BCUT2D eigenvalue weighted by atomic mass is 9.97. The Morgan fingerprint density at radius 2 is 2.06 bits per heavy atom. The van der Waals surface area contributed by atoms with Crippen molar-refractivity contribution in [3.8, 4) is 0 Å². The summed E-state index contributed by atoms with van der Waals surface area (Å²) in [5.41, 5.74) is 6.39. The van der Waals surface area contributed by atoms with Gasteiger partial charge in [0.05, 0.1) is 6.54 Å². The number of carbonyl (C=O) groups excluding carboxylic acids is 1. The van der Waals surface area contributed by atoms with Crippen molar-refractivity contribution in [2.45, 2.75) is 31.2 Å². The van der Waals surface area contributed by atoms with Crippen LogP contribution in [0.3, 0.4) is 0 Å². The topological polar surface area (TPSA) is 46.3 Å². The molecule has 0 heterocycles. The minimum Gasteiger partial charge on any atom is -0.369 e. The van der Waals surface area contributed by atoms with Crippen LogP contribution in [0, 0.1) is 5.82 Å². The first-order valence-electron chi connectivity index (χ1n) is 6.30. The SMILES string of the molecule is CN(CC(N)=O)[C@H]1CC[C@H](c2ccc(F)cc2)C1. The summed E-state index contributed by atoms with van der Waals surface area (Å²) in [7, 11) is 1.93. The molecule has 1 aromatic carbocycles. The van der Waals surface area contributed by atoms with Crippen molar-refractivity contribution in [1.29, 1.82) is 0 Å². The highest BCUT2D eigenvalue weighted by Crippen LogP contribution is 2.36. The first kappa shape index (κ1) is 13.0. The van der Waals surface area contributed by atoms with Gasteiger partial charge in [-0.2, -0.15) is 0 Å². The number of likely N-dealkylation sites (N-methyl/N-ethyl adjacent to an activating group) is 1. The zero-order chi connectivity index (χ0) is 13.1. The monoisotopic (exact) mass is 250 g/mol. The van der Waals surface area contributed by atoms with Crippen LogP contribution in [0.15, 0.2) is 24.3 Å². The van der Waals surface area contributed by atoms with E-state index in [-0.39, 0.29) is 11.7 Å². The van der Waals surface area contributed by atoms with Gasteiger partial charge in [0, 0.05) is 6.04 Å². The minimum atomic E-state index is -0.289. The second-order valence-corrected chi connectivity index (χ2v) is 5.10. The Morgan fingerprint density at radius 3 is 2.67 bits per heavy atom. The Morgan fingerprint density at radius 1 is 1.39 bits per heavy atom. The Hall–Kier alpha value is -1.42. The average Bonchev–Trinajstić information content (AvgIpc) is 2.78. The molecule has 1 fully saturated rings. The fourth-order valence-corrected chi connectivity index (χ4v) is 2.77. The molecule has 0 bridgehead atoms. The largest absolute Gasteiger partial charge is 0.369 e. The van der Waals surface area contributed by atoms with Gasteiger partial charge in [0.2, 0.25) is 5.91 Å². The lowest BCUT2D eigenvalue weighted by Gasteiger charge is -2.22. The second kappa shape index (κ2) is 5.48. The van der Waals surface area contributed by atoms with E-state index in [1.807, 2.05) is 24.1 Å². The van der Waals surface area contributed by atoms with Gasteiger partial charge in [-0.05, 0) is 49.9 Å². The molecule has 0 spiro atoms. The predicted molar refractivity (Wildman–Crippen MR) is 68.6 cm³/mol. The van der Waals surface area contributed by atoms with Gasteiger partial charge in [-0.1, -0.05) is 12.1 Å². The number of hydrogen-bond donors (Lipinski definition) is 1. The zero-order valence-electron chi connectivity index (χ0n) is 10.6. The first-order valence-corrected chi connectivity index (χ1v) is 6.30. The Bertz CT molecular complexity index is 418. The van der Waals surface area contributed by atoms with Crippen LogP contribution in [0.5, 0.6) is 0 Å². The number of halogens is 1. The van der Waals surface area contributed by atoms with E-state index in [4.69, 9.17) is 5.73 Å². The van der Waals surface area contributed by atoms with Crippen molar-refractivity contribution < 1.29 is 9.18 Å². The molecule has 18 heavy (non-hydrogen) atoms. The van der Waals surface area contributed by atoms with E-state index in [9.17, 15) is 9.18 Å². The Balaban J connectivity index is 1.95. The zero-order valence-corrected chi connectivity index (χ0v) is 10.6. The number of rotatable bonds is 4. The number of carbonyl (C=O) groups is 1. The number of hydrogen-bond acceptors (Lipinski definition) is 2. The highest BCUT2D eigenvalue weighted by atomic mass is 19.1. The summed E-state index contributed by atoms with van der Waals surface area (Å²) in [6.07, 6.45) is 3.15. The van der Waals surface area contributed by atoms with Crippen molar-refractivity contribution >= 4 is 5.91 Å². The molecule has 2 rings (SSSR count).